The number of aromatic nitrogens is 2. The van der Waals surface area contributed by atoms with Gasteiger partial charge < -0.3 is 25.4 Å². The van der Waals surface area contributed by atoms with E-state index in [1.54, 1.807) is 6.07 Å². The van der Waals surface area contributed by atoms with Gasteiger partial charge in [-0.25, -0.2) is 4.79 Å². The lowest BCUT2D eigenvalue weighted by Gasteiger charge is -2.17. The van der Waals surface area contributed by atoms with Crippen molar-refractivity contribution in [2.24, 2.45) is 0 Å². The van der Waals surface area contributed by atoms with E-state index < -0.39 is 36.8 Å². The smallest absolute Gasteiger partial charge is 0.351 e. The lowest BCUT2D eigenvalue weighted by molar-refractivity contribution is -0.0549. The van der Waals surface area contributed by atoms with Crippen molar-refractivity contribution in [1.29, 1.82) is 0 Å². The molecular weight excluding hydrogens is 302 g/mol. The molecule has 2 heterocycles. The third-order valence-corrected chi connectivity index (χ3v) is 3.67. The van der Waals surface area contributed by atoms with Gasteiger partial charge in [0.25, 0.3) is 0 Å². The first-order chi connectivity index (χ1) is 11.1. The second kappa shape index (κ2) is 6.47. The van der Waals surface area contributed by atoms with E-state index in [9.17, 15) is 15.0 Å². The van der Waals surface area contributed by atoms with Crippen LogP contribution in [0.15, 0.2) is 47.4 Å². The Bertz CT molecular complexity index is 721. The molecule has 2 aromatic rings. The van der Waals surface area contributed by atoms with Gasteiger partial charge in [-0.1, -0.05) is 18.2 Å². The zero-order chi connectivity index (χ0) is 16.4. The van der Waals surface area contributed by atoms with Crippen molar-refractivity contribution in [3.05, 3.63) is 53.1 Å². The molecule has 4 atom stereocenters. The van der Waals surface area contributed by atoms with Crippen molar-refractivity contribution >= 4 is 11.5 Å². The number of hydrogen-bond donors (Lipinski definition) is 4. The summed E-state index contributed by atoms with van der Waals surface area (Å²) in [6.07, 6.45) is -3.20. The van der Waals surface area contributed by atoms with E-state index in [4.69, 9.17) is 9.84 Å². The van der Waals surface area contributed by atoms with Gasteiger partial charge >= 0.3 is 5.69 Å². The maximum absolute atomic E-state index is 12.1. The SMILES string of the molecule is O=c1nc(Nc2ccccc2)ccn1[C@@H]1O[C@@H](CO)[C@@H](O)[C@H]1O. The van der Waals surface area contributed by atoms with Crippen molar-refractivity contribution < 1.29 is 20.1 Å². The van der Waals surface area contributed by atoms with Gasteiger partial charge in [0.15, 0.2) is 6.23 Å². The van der Waals surface area contributed by atoms with Crippen LogP contribution in [0, 0.1) is 0 Å². The molecule has 8 nitrogen and oxygen atoms in total. The van der Waals surface area contributed by atoms with Crippen LogP contribution in [0.1, 0.15) is 6.23 Å². The number of anilines is 2. The fourth-order valence-corrected chi connectivity index (χ4v) is 2.46. The van der Waals surface area contributed by atoms with Crippen LogP contribution >= 0.6 is 0 Å². The van der Waals surface area contributed by atoms with E-state index in [1.807, 2.05) is 30.3 Å². The van der Waals surface area contributed by atoms with Crippen LogP contribution in [-0.2, 0) is 4.74 Å². The third-order valence-electron chi connectivity index (χ3n) is 3.67. The molecule has 0 bridgehead atoms. The molecule has 122 valence electrons. The normalized spacial score (nSPS) is 27.1. The van der Waals surface area contributed by atoms with Gasteiger partial charge in [-0.2, -0.15) is 4.98 Å². The summed E-state index contributed by atoms with van der Waals surface area (Å²) in [5.74, 6) is 0.351. The fraction of sp³-hybridized carbons (Fsp3) is 0.333. The second-order valence-electron chi connectivity index (χ2n) is 5.22. The molecule has 0 aliphatic carbocycles. The summed E-state index contributed by atoms with van der Waals surface area (Å²) in [5, 5.41) is 31.8. The summed E-state index contributed by atoms with van der Waals surface area (Å²) in [6.45, 7) is -0.454. The van der Waals surface area contributed by atoms with E-state index >= 15 is 0 Å². The molecule has 1 saturated heterocycles. The van der Waals surface area contributed by atoms with Crippen molar-refractivity contribution in [2.75, 3.05) is 11.9 Å². The number of rotatable bonds is 4. The summed E-state index contributed by atoms with van der Waals surface area (Å²) < 4.78 is 6.40. The summed E-state index contributed by atoms with van der Waals surface area (Å²) >= 11 is 0. The highest BCUT2D eigenvalue weighted by Gasteiger charge is 2.43. The van der Waals surface area contributed by atoms with E-state index in [-0.39, 0.29) is 0 Å². The zero-order valence-electron chi connectivity index (χ0n) is 12.1. The van der Waals surface area contributed by atoms with Crippen LogP contribution in [0.25, 0.3) is 0 Å². The average Bonchev–Trinajstić information content (AvgIpc) is 2.84. The Morgan fingerprint density at radius 2 is 1.91 bits per heavy atom. The molecule has 1 aliphatic rings. The second-order valence-corrected chi connectivity index (χ2v) is 5.22. The average molecular weight is 319 g/mol. The molecule has 8 heteroatoms. The molecule has 1 aromatic carbocycles. The Morgan fingerprint density at radius 3 is 2.52 bits per heavy atom. The van der Waals surface area contributed by atoms with Crippen molar-refractivity contribution in [2.45, 2.75) is 24.5 Å². The van der Waals surface area contributed by atoms with Crippen molar-refractivity contribution in [1.82, 2.24) is 9.55 Å². The minimum atomic E-state index is -1.32. The lowest BCUT2D eigenvalue weighted by Crippen LogP contribution is -2.36. The van der Waals surface area contributed by atoms with Crippen molar-refractivity contribution in [3.63, 3.8) is 0 Å². The van der Waals surface area contributed by atoms with Gasteiger partial charge in [0.1, 0.15) is 24.1 Å². The summed E-state index contributed by atoms with van der Waals surface area (Å²) in [5.41, 5.74) is 0.144. The number of ether oxygens (including phenoxy) is 1. The van der Waals surface area contributed by atoms with Gasteiger partial charge in [-0.3, -0.25) is 4.57 Å². The Balaban J connectivity index is 1.82. The predicted molar refractivity (Wildman–Crippen MR) is 81.2 cm³/mol. The molecule has 0 amide bonds. The highest BCUT2D eigenvalue weighted by molar-refractivity contribution is 5.54. The molecule has 23 heavy (non-hydrogen) atoms. The molecule has 1 aliphatic heterocycles. The molecule has 0 radical (unpaired) electrons. The minimum Gasteiger partial charge on any atom is -0.394 e. The van der Waals surface area contributed by atoms with Gasteiger partial charge in [0, 0.05) is 11.9 Å². The molecule has 3 rings (SSSR count). The van der Waals surface area contributed by atoms with Crippen LogP contribution in [0.5, 0.6) is 0 Å². The number of nitrogens with zero attached hydrogens (tertiary/aromatic N) is 2. The first-order valence-electron chi connectivity index (χ1n) is 7.14. The number of aliphatic hydroxyl groups excluding tert-OH is 3. The maximum atomic E-state index is 12.1. The Kier molecular flexibility index (Phi) is 4.39. The monoisotopic (exact) mass is 319 g/mol. The van der Waals surface area contributed by atoms with Gasteiger partial charge in [0.05, 0.1) is 6.61 Å². The van der Waals surface area contributed by atoms with Crippen molar-refractivity contribution in [3.8, 4) is 0 Å². The highest BCUT2D eigenvalue weighted by Crippen LogP contribution is 2.28. The maximum Gasteiger partial charge on any atom is 0.351 e. The fourth-order valence-electron chi connectivity index (χ4n) is 2.46. The summed E-state index contributed by atoms with van der Waals surface area (Å²) in [4.78, 5) is 16.0. The first kappa shape index (κ1) is 15.6. The van der Waals surface area contributed by atoms with Crippen LogP contribution in [-0.4, -0.2) is 49.8 Å². The topological polar surface area (TPSA) is 117 Å². The molecule has 0 spiro atoms. The Morgan fingerprint density at radius 1 is 1.17 bits per heavy atom. The number of para-hydroxylation sites is 1. The van der Waals surface area contributed by atoms with Crippen LogP contribution in [0.4, 0.5) is 11.5 Å². The standard InChI is InChI=1S/C15H17N3O5/c19-8-10-12(20)13(21)14(23-10)18-7-6-11(17-15(18)22)16-9-4-2-1-3-5-9/h1-7,10,12-14,19-21H,8H2,(H,16,17,22)/t10-,12+,13+,14+/m0/s1. The molecule has 1 aromatic heterocycles. The number of nitrogens with one attached hydrogen (secondary N) is 1. The predicted octanol–water partition coefficient (Wildman–Crippen LogP) is -0.402. The van der Waals surface area contributed by atoms with E-state index in [1.165, 1.54) is 6.20 Å². The summed E-state index contributed by atoms with van der Waals surface area (Å²) in [6, 6.07) is 10.8. The van der Waals surface area contributed by atoms with Crippen LogP contribution in [0.2, 0.25) is 0 Å². The van der Waals surface area contributed by atoms with Gasteiger partial charge in [-0.15, -0.1) is 0 Å². The van der Waals surface area contributed by atoms with Gasteiger partial charge in [0.2, 0.25) is 0 Å². The highest BCUT2D eigenvalue weighted by atomic mass is 16.6. The summed E-state index contributed by atoms with van der Waals surface area (Å²) in [7, 11) is 0. The zero-order valence-corrected chi connectivity index (χ0v) is 12.1. The molecule has 4 N–H and O–H groups in total. The third kappa shape index (κ3) is 3.10. The number of aliphatic hydroxyl groups is 3. The first-order valence-corrected chi connectivity index (χ1v) is 7.14. The molecular formula is C15H17N3O5. The number of hydrogen-bond acceptors (Lipinski definition) is 7. The molecule has 0 unspecified atom stereocenters. The molecule has 0 saturated carbocycles. The largest absolute Gasteiger partial charge is 0.394 e. The van der Waals surface area contributed by atoms with E-state index in [0.29, 0.717) is 5.82 Å². The number of benzene rings is 1. The van der Waals surface area contributed by atoms with E-state index in [0.717, 1.165) is 10.3 Å². The van der Waals surface area contributed by atoms with Gasteiger partial charge in [-0.05, 0) is 18.2 Å². The Hall–Kier alpha value is -2.26. The van der Waals surface area contributed by atoms with E-state index in [2.05, 4.69) is 10.3 Å². The minimum absolute atomic E-state index is 0.351. The van der Waals surface area contributed by atoms with Crippen LogP contribution < -0.4 is 11.0 Å². The Labute approximate surface area is 131 Å². The van der Waals surface area contributed by atoms with Crippen LogP contribution in [0.3, 0.4) is 0 Å². The lowest BCUT2D eigenvalue weighted by atomic mass is 10.1. The molecule has 1 fully saturated rings. The quantitative estimate of drug-likeness (QED) is 0.606.